The molecule has 3 heterocycles. The maximum atomic E-state index is 12.8. The predicted molar refractivity (Wildman–Crippen MR) is 93.3 cm³/mol. The number of hydrogen-bond donors (Lipinski definition) is 2. The number of benzene rings is 1. The van der Waals surface area contributed by atoms with Crippen LogP contribution in [0.3, 0.4) is 0 Å². The number of H-pyrrole nitrogens is 1. The van der Waals surface area contributed by atoms with Crippen molar-refractivity contribution in [3.05, 3.63) is 47.8 Å². The average Bonchev–Trinajstić information content (AvgIpc) is 3.31. The Balaban J connectivity index is 1.59. The summed E-state index contributed by atoms with van der Waals surface area (Å²) in [6, 6.07) is 5.48. The van der Waals surface area contributed by atoms with Gasteiger partial charge in [-0.25, -0.2) is 9.97 Å². The van der Waals surface area contributed by atoms with Crippen molar-refractivity contribution in [2.75, 3.05) is 6.61 Å². The number of carbonyl (C=O) groups is 1. The van der Waals surface area contributed by atoms with Gasteiger partial charge in [-0.05, 0) is 32.4 Å². The summed E-state index contributed by atoms with van der Waals surface area (Å²) < 4.78 is 7.91. The van der Waals surface area contributed by atoms with Crippen LogP contribution in [0.4, 0.5) is 0 Å². The fourth-order valence-corrected chi connectivity index (χ4v) is 3.42. The lowest BCUT2D eigenvalue weighted by atomic mass is 10.1. The van der Waals surface area contributed by atoms with Gasteiger partial charge >= 0.3 is 0 Å². The standard InChI is InChI=1S/C18H21N5O2/c1-3-23-9-8-19-17(23)16-14(7-10-25-16)22-18(24)12-5-4-6-13-15(12)21-11(2)20-13/h4-6,8-9,14,16H,3,7,10H2,1-2H3,(H,20,21)(H,22,24)/t14-,16-/m0/s1. The molecule has 1 amide bonds. The Kier molecular flexibility index (Phi) is 4.01. The van der Waals surface area contributed by atoms with E-state index in [4.69, 9.17) is 4.74 Å². The molecule has 0 saturated carbocycles. The van der Waals surface area contributed by atoms with Crippen molar-refractivity contribution >= 4 is 16.9 Å². The van der Waals surface area contributed by atoms with Crippen LogP contribution in [0.25, 0.3) is 11.0 Å². The predicted octanol–water partition coefficient (Wildman–Crippen LogP) is 2.35. The highest BCUT2D eigenvalue weighted by molar-refractivity contribution is 6.05. The number of aromatic amines is 1. The lowest BCUT2D eigenvalue weighted by Crippen LogP contribution is -2.37. The Hall–Kier alpha value is -2.67. The van der Waals surface area contributed by atoms with Gasteiger partial charge in [0.05, 0.1) is 17.1 Å². The fraction of sp³-hybridized carbons (Fsp3) is 0.389. The van der Waals surface area contributed by atoms with Crippen LogP contribution in [0.2, 0.25) is 0 Å². The minimum atomic E-state index is -0.223. The van der Waals surface area contributed by atoms with Crippen LogP contribution in [0, 0.1) is 6.92 Å². The number of amides is 1. The van der Waals surface area contributed by atoms with E-state index >= 15 is 0 Å². The first-order chi connectivity index (χ1) is 12.2. The van der Waals surface area contributed by atoms with Crippen LogP contribution >= 0.6 is 0 Å². The van der Waals surface area contributed by atoms with E-state index < -0.39 is 0 Å². The van der Waals surface area contributed by atoms with Crippen molar-refractivity contribution in [3.63, 3.8) is 0 Å². The molecule has 1 aliphatic heterocycles. The summed E-state index contributed by atoms with van der Waals surface area (Å²) >= 11 is 0. The van der Waals surface area contributed by atoms with Crippen molar-refractivity contribution in [2.45, 2.75) is 39.0 Å². The Morgan fingerprint density at radius 1 is 1.48 bits per heavy atom. The number of carbonyl (C=O) groups excluding carboxylic acids is 1. The van der Waals surface area contributed by atoms with Gasteiger partial charge in [-0.15, -0.1) is 0 Å². The monoisotopic (exact) mass is 339 g/mol. The molecule has 0 bridgehead atoms. The Morgan fingerprint density at radius 3 is 3.20 bits per heavy atom. The molecule has 1 saturated heterocycles. The number of fused-ring (bicyclic) bond motifs is 1. The zero-order valence-electron chi connectivity index (χ0n) is 14.3. The molecule has 4 rings (SSSR count). The van der Waals surface area contributed by atoms with Crippen LogP contribution < -0.4 is 5.32 Å². The second-order valence-electron chi connectivity index (χ2n) is 6.26. The number of hydrogen-bond acceptors (Lipinski definition) is 4. The number of para-hydroxylation sites is 1. The second-order valence-corrected chi connectivity index (χ2v) is 6.26. The maximum absolute atomic E-state index is 12.8. The van der Waals surface area contributed by atoms with E-state index in [1.54, 1.807) is 12.3 Å². The highest BCUT2D eigenvalue weighted by Crippen LogP contribution is 2.28. The number of nitrogens with zero attached hydrogens (tertiary/aromatic N) is 3. The molecular formula is C18H21N5O2. The average molecular weight is 339 g/mol. The number of rotatable bonds is 4. The van der Waals surface area contributed by atoms with E-state index in [1.807, 2.05) is 29.8 Å². The van der Waals surface area contributed by atoms with Crippen molar-refractivity contribution in [1.29, 1.82) is 0 Å². The molecule has 2 N–H and O–H groups in total. The largest absolute Gasteiger partial charge is 0.368 e. The van der Waals surface area contributed by atoms with E-state index in [-0.39, 0.29) is 18.1 Å². The molecule has 1 fully saturated rings. The van der Waals surface area contributed by atoms with Gasteiger partial charge in [-0.3, -0.25) is 4.79 Å². The number of ether oxygens (including phenoxy) is 1. The molecule has 1 aromatic carbocycles. The van der Waals surface area contributed by atoms with E-state index in [2.05, 4.69) is 27.2 Å². The van der Waals surface area contributed by atoms with Gasteiger partial charge in [0.1, 0.15) is 23.3 Å². The number of nitrogens with one attached hydrogen (secondary N) is 2. The molecule has 1 aliphatic rings. The summed E-state index contributed by atoms with van der Waals surface area (Å²) in [5, 5.41) is 3.12. The molecule has 0 radical (unpaired) electrons. The molecule has 7 nitrogen and oxygen atoms in total. The van der Waals surface area contributed by atoms with E-state index in [9.17, 15) is 4.79 Å². The lowest BCUT2D eigenvalue weighted by Gasteiger charge is -2.20. The van der Waals surface area contributed by atoms with Crippen molar-refractivity contribution in [3.8, 4) is 0 Å². The molecule has 130 valence electrons. The minimum absolute atomic E-state index is 0.101. The third kappa shape index (κ3) is 2.80. The Morgan fingerprint density at radius 2 is 2.36 bits per heavy atom. The summed E-state index contributed by atoms with van der Waals surface area (Å²) in [4.78, 5) is 24.9. The first-order valence-corrected chi connectivity index (χ1v) is 8.56. The van der Waals surface area contributed by atoms with Gasteiger partial charge < -0.3 is 19.6 Å². The second kappa shape index (κ2) is 6.33. The van der Waals surface area contributed by atoms with Crippen LogP contribution in [0.1, 0.15) is 41.5 Å². The van der Waals surface area contributed by atoms with Crippen LogP contribution in [0.5, 0.6) is 0 Å². The van der Waals surface area contributed by atoms with Crippen LogP contribution in [0.15, 0.2) is 30.6 Å². The topological polar surface area (TPSA) is 84.8 Å². The molecule has 0 spiro atoms. The molecule has 3 aromatic rings. The molecule has 7 heteroatoms. The molecule has 2 atom stereocenters. The van der Waals surface area contributed by atoms with Crippen LogP contribution in [-0.4, -0.2) is 38.1 Å². The molecule has 25 heavy (non-hydrogen) atoms. The third-order valence-corrected chi connectivity index (χ3v) is 4.63. The number of aryl methyl sites for hydroxylation is 2. The molecular weight excluding hydrogens is 318 g/mol. The Labute approximate surface area is 145 Å². The summed E-state index contributed by atoms with van der Waals surface area (Å²) in [6.45, 7) is 5.38. The normalized spacial score (nSPS) is 20.2. The zero-order chi connectivity index (χ0) is 17.4. The quantitative estimate of drug-likeness (QED) is 0.764. The fourth-order valence-electron chi connectivity index (χ4n) is 3.42. The highest BCUT2D eigenvalue weighted by Gasteiger charge is 2.34. The van der Waals surface area contributed by atoms with Gasteiger partial charge in [-0.2, -0.15) is 0 Å². The van der Waals surface area contributed by atoms with Gasteiger partial charge in [0.25, 0.3) is 5.91 Å². The SMILES string of the molecule is CCn1ccnc1[C@H]1OCC[C@@H]1NC(=O)c1cccc2[nH]c(C)nc12. The lowest BCUT2D eigenvalue weighted by molar-refractivity contribution is 0.0776. The zero-order valence-corrected chi connectivity index (χ0v) is 14.3. The smallest absolute Gasteiger partial charge is 0.253 e. The molecule has 0 aliphatic carbocycles. The summed E-state index contributed by atoms with van der Waals surface area (Å²) in [5.41, 5.74) is 2.14. The maximum Gasteiger partial charge on any atom is 0.253 e. The van der Waals surface area contributed by atoms with E-state index in [1.165, 1.54) is 0 Å². The highest BCUT2D eigenvalue weighted by atomic mass is 16.5. The first-order valence-electron chi connectivity index (χ1n) is 8.56. The number of aromatic nitrogens is 4. The van der Waals surface area contributed by atoms with E-state index in [0.717, 1.165) is 30.1 Å². The van der Waals surface area contributed by atoms with Crippen LogP contribution in [-0.2, 0) is 11.3 Å². The Bertz CT molecular complexity index is 913. The van der Waals surface area contributed by atoms with Crippen molar-refractivity contribution in [2.24, 2.45) is 0 Å². The molecule has 2 aromatic heterocycles. The van der Waals surface area contributed by atoms with Gasteiger partial charge in [0.2, 0.25) is 0 Å². The summed E-state index contributed by atoms with van der Waals surface area (Å²) in [6.07, 6.45) is 4.25. The van der Waals surface area contributed by atoms with Gasteiger partial charge in [0, 0.05) is 25.5 Å². The first kappa shape index (κ1) is 15.8. The van der Waals surface area contributed by atoms with Crippen molar-refractivity contribution < 1.29 is 9.53 Å². The summed E-state index contributed by atoms with van der Waals surface area (Å²) in [7, 11) is 0. The van der Waals surface area contributed by atoms with E-state index in [0.29, 0.717) is 17.7 Å². The minimum Gasteiger partial charge on any atom is -0.368 e. The molecule has 0 unspecified atom stereocenters. The third-order valence-electron chi connectivity index (χ3n) is 4.63. The summed E-state index contributed by atoms with van der Waals surface area (Å²) in [5.74, 6) is 1.52. The number of imidazole rings is 2. The van der Waals surface area contributed by atoms with Crippen molar-refractivity contribution in [1.82, 2.24) is 24.8 Å². The van der Waals surface area contributed by atoms with Gasteiger partial charge in [0.15, 0.2) is 0 Å². The van der Waals surface area contributed by atoms with Gasteiger partial charge in [-0.1, -0.05) is 6.07 Å².